The lowest BCUT2D eigenvalue weighted by atomic mass is 10.1. The van der Waals surface area contributed by atoms with Crippen molar-refractivity contribution in [2.24, 2.45) is 5.73 Å². The summed E-state index contributed by atoms with van der Waals surface area (Å²) >= 11 is 0. The molecule has 0 saturated heterocycles. The van der Waals surface area contributed by atoms with E-state index < -0.39 is 0 Å². The van der Waals surface area contributed by atoms with Gasteiger partial charge in [0, 0.05) is 6.54 Å². The van der Waals surface area contributed by atoms with Gasteiger partial charge in [-0.05, 0) is 29.7 Å². The van der Waals surface area contributed by atoms with E-state index in [1.807, 2.05) is 18.2 Å². The van der Waals surface area contributed by atoms with Crippen LogP contribution in [-0.4, -0.2) is 13.7 Å². The van der Waals surface area contributed by atoms with Crippen LogP contribution < -0.4 is 10.5 Å². The van der Waals surface area contributed by atoms with Crippen molar-refractivity contribution in [2.45, 2.75) is 13.3 Å². The molecule has 0 spiro atoms. The maximum atomic E-state index is 5.40. The van der Waals surface area contributed by atoms with Crippen molar-refractivity contribution in [1.29, 1.82) is 0 Å². The number of hydrogen-bond donors (Lipinski definition) is 1. The summed E-state index contributed by atoms with van der Waals surface area (Å²) in [6.07, 6.45) is 4.97. The Kier molecular flexibility index (Phi) is 4.20. The van der Waals surface area contributed by atoms with Crippen LogP contribution in [0.15, 0.2) is 24.3 Å². The Morgan fingerprint density at radius 2 is 2.14 bits per heavy atom. The molecule has 0 aliphatic rings. The van der Waals surface area contributed by atoms with Crippen molar-refractivity contribution in [3.05, 3.63) is 35.4 Å². The third-order valence-corrected chi connectivity index (χ3v) is 2.08. The molecule has 0 aliphatic heterocycles. The topological polar surface area (TPSA) is 35.2 Å². The number of ether oxygens (including phenoxy) is 1. The monoisotopic (exact) mass is 191 g/mol. The van der Waals surface area contributed by atoms with E-state index in [1.54, 1.807) is 7.11 Å². The first kappa shape index (κ1) is 10.8. The molecule has 0 atom stereocenters. The molecule has 1 aromatic rings. The zero-order valence-electron chi connectivity index (χ0n) is 8.79. The van der Waals surface area contributed by atoms with E-state index >= 15 is 0 Å². The summed E-state index contributed by atoms with van der Waals surface area (Å²) in [5.74, 6) is 0.904. The van der Waals surface area contributed by atoms with Crippen LogP contribution in [0.4, 0.5) is 0 Å². The average Bonchev–Trinajstić information content (AvgIpc) is 2.25. The largest absolute Gasteiger partial charge is 0.497 e. The quantitative estimate of drug-likeness (QED) is 0.792. The van der Waals surface area contributed by atoms with E-state index in [2.05, 4.69) is 19.1 Å². The van der Waals surface area contributed by atoms with E-state index in [0.29, 0.717) is 6.54 Å². The predicted molar refractivity (Wildman–Crippen MR) is 60.5 cm³/mol. The molecule has 0 heterocycles. The minimum absolute atomic E-state index is 0.568. The maximum absolute atomic E-state index is 5.40. The van der Waals surface area contributed by atoms with Gasteiger partial charge in [-0.25, -0.2) is 0 Å². The summed E-state index contributed by atoms with van der Waals surface area (Å²) in [6.45, 7) is 2.70. The van der Waals surface area contributed by atoms with Gasteiger partial charge < -0.3 is 10.5 Å². The summed E-state index contributed by atoms with van der Waals surface area (Å²) in [6, 6.07) is 6.21. The third kappa shape index (κ3) is 2.89. The second kappa shape index (κ2) is 5.45. The zero-order chi connectivity index (χ0) is 10.4. The SMILES string of the molecule is CCc1cc(/C=C/CN)cc(OC)c1. The van der Waals surface area contributed by atoms with Gasteiger partial charge in [0.25, 0.3) is 0 Å². The van der Waals surface area contributed by atoms with Crippen LogP contribution in [0.3, 0.4) is 0 Å². The fraction of sp³-hybridized carbons (Fsp3) is 0.333. The molecule has 0 saturated carbocycles. The smallest absolute Gasteiger partial charge is 0.119 e. The highest BCUT2D eigenvalue weighted by atomic mass is 16.5. The molecule has 2 N–H and O–H groups in total. The molecule has 1 rings (SSSR count). The molecule has 0 radical (unpaired) electrons. The lowest BCUT2D eigenvalue weighted by Crippen LogP contribution is -1.92. The van der Waals surface area contributed by atoms with Gasteiger partial charge in [-0.3, -0.25) is 0 Å². The van der Waals surface area contributed by atoms with Crippen molar-refractivity contribution in [3.8, 4) is 5.75 Å². The van der Waals surface area contributed by atoms with Gasteiger partial charge in [0.05, 0.1) is 7.11 Å². The van der Waals surface area contributed by atoms with Gasteiger partial charge >= 0.3 is 0 Å². The molecule has 0 unspecified atom stereocenters. The molecular weight excluding hydrogens is 174 g/mol. The Bertz CT molecular complexity index is 296. The Morgan fingerprint density at radius 3 is 2.71 bits per heavy atom. The minimum atomic E-state index is 0.568. The Labute approximate surface area is 85.4 Å². The van der Waals surface area contributed by atoms with Crippen molar-refractivity contribution in [1.82, 2.24) is 0 Å². The van der Waals surface area contributed by atoms with Crippen LogP contribution in [0.25, 0.3) is 6.08 Å². The third-order valence-electron chi connectivity index (χ3n) is 2.08. The van der Waals surface area contributed by atoms with Crippen LogP contribution >= 0.6 is 0 Å². The highest BCUT2D eigenvalue weighted by molar-refractivity contribution is 5.53. The van der Waals surface area contributed by atoms with Gasteiger partial charge in [0.2, 0.25) is 0 Å². The van der Waals surface area contributed by atoms with E-state index in [-0.39, 0.29) is 0 Å². The number of methoxy groups -OCH3 is 1. The number of hydrogen-bond acceptors (Lipinski definition) is 2. The van der Waals surface area contributed by atoms with Crippen LogP contribution in [-0.2, 0) is 6.42 Å². The van der Waals surface area contributed by atoms with Gasteiger partial charge in [-0.2, -0.15) is 0 Å². The molecule has 1 aromatic carbocycles. The van der Waals surface area contributed by atoms with Gasteiger partial charge in [0.1, 0.15) is 5.75 Å². The summed E-state index contributed by atoms with van der Waals surface area (Å²) in [7, 11) is 1.69. The maximum Gasteiger partial charge on any atom is 0.119 e. The van der Waals surface area contributed by atoms with Gasteiger partial charge in [-0.15, -0.1) is 0 Å². The molecule has 0 aliphatic carbocycles. The second-order valence-electron chi connectivity index (χ2n) is 3.11. The number of nitrogens with two attached hydrogens (primary N) is 1. The Balaban J connectivity index is 2.98. The van der Waals surface area contributed by atoms with Crippen LogP contribution in [0.5, 0.6) is 5.75 Å². The average molecular weight is 191 g/mol. The van der Waals surface area contributed by atoms with Gasteiger partial charge in [0.15, 0.2) is 0 Å². The fourth-order valence-corrected chi connectivity index (χ4v) is 1.31. The first-order valence-corrected chi connectivity index (χ1v) is 4.84. The Hall–Kier alpha value is -1.28. The molecular formula is C12H17NO. The molecule has 0 fully saturated rings. The number of aryl methyl sites for hydroxylation is 1. The second-order valence-corrected chi connectivity index (χ2v) is 3.11. The van der Waals surface area contributed by atoms with Crippen molar-refractivity contribution in [3.63, 3.8) is 0 Å². The normalized spacial score (nSPS) is 10.8. The predicted octanol–water partition coefficient (Wildman–Crippen LogP) is 2.23. The first-order valence-electron chi connectivity index (χ1n) is 4.84. The molecule has 0 bridgehead atoms. The lowest BCUT2D eigenvalue weighted by molar-refractivity contribution is 0.414. The summed E-state index contributed by atoms with van der Waals surface area (Å²) in [4.78, 5) is 0. The summed E-state index contributed by atoms with van der Waals surface area (Å²) in [5, 5.41) is 0. The summed E-state index contributed by atoms with van der Waals surface area (Å²) in [5.41, 5.74) is 7.82. The molecule has 0 amide bonds. The van der Waals surface area contributed by atoms with Crippen molar-refractivity contribution >= 4 is 6.08 Å². The van der Waals surface area contributed by atoms with E-state index in [9.17, 15) is 0 Å². The van der Waals surface area contributed by atoms with E-state index in [0.717, 1.165) is 17.7 Å². The standard InChI is InChI=1S/C12H17NO/c1-3-10-7-11(5-4-6-13)9-12(8-10)14-2/h4-5,7-9H,3,6,13H2,1-2H3/b5-4+. The molecule has 14 heavy (non-hydrogen) atoms. The number of rotatable bonds is 4. The fourth-order valence-electron chi connectivity index (χ4n) is 1.31. The van der Waals surface area contributed by atoms with Crippen molar-refractivity contribution in [2.75, 3.05) is 13.7 Å². The van der Waals surface area contributed by atoms with Crippen LogP contribution in [0.2, 0.25) is 0 Å². The van der Waals surface area contributed by atoms with Gasteiger partial charge in [-0.1, -0.05) is 25.1 Å². The van der Waals surface area contributed by atoms with Crippen LogP contribution in [0.1, 0.15) is 18.1 Å². The molecule has 2 nitrogen and oxygen atoms in total. The van der Waals surface area contributed by atoms with E-state index in [1.165, 1.54) is 5.56 Å². The lowest BCUT2D eigenvalue weighted by Gasteiger charge is -2.04. The molecule has 76 valence electrons. The highest BCUT2D eigenvalue weighted by Crippen LogP contribution is 2.18. The Morgan fingerprint density at radius 1 is 1.36 bits per heavy atom. The first-order chi connectivity index (χ1) is 6.80. The molecule has 2 heteroatoms. The van der Waals surface area contributed by atoms with E-state index in [4.69, 9.17) is 10.5 Å². The highest BCUT2D eigenvalue weighted by Gasteiger charge is 1.97. The zero-order valence-corrected chi connectivity index (χ0v) is 8.79. The minimum Gasteiger partial charge on any atom is -0.497 e. The molecule has 0 aromatic heterocycles. The summed E-state index contributed by atoms with van der Waals surface area (Å²) < 4.78 is 5.21. The van der Waals surface area contributed by atoms with Crippen LogP contribution in [0, 0.1) is 0 Å². The van der Waals surface area contributed by atoms with Crippen molar-refractivity contribution < 1.29 is 4.74 Å². The number of benzene rings is 1.